The highest BCUT2D eigenvalue weighted by Gasteiger charge is 2.28. The molecule has 0 radical (unpaired) electrons. The van der Waals surface area contributed by atoms with Crippen molar-refractivity contribution in [2.24, 2.45) is 4.40 Å². The summed E-state index contributed by atoms with van der Waals surface area (Å²) in [6.45, 7) is 5.67. The first kappa shape index (κ1) is 18.8. The summed E-state index contributed by atoms with van der Waals surface area (Å²) in [6, 6.07) is 9.03. The summed E-state index contributed by atoms with van der Waals surface area (Å²) in [4.78, 5) is 12.3. The van der Waals surface area contributed by atoms with Crippen LogP contribution in [0.5, 0.6) is 0 Å². The molecule has 0 aliphatic rings. The number of aromatic nitrogens is 1. The van der Waals surface area contributed by atoms with Crippen molar-refractivity contribution in [2.45, 2.75) is 31.7 Å². The number of hydrogen-bond donors (Lipinski definition) is 0. The zero-order chi connectivity index (χ0) is 18.4. The van der Waals surface area contributed by atoms with Gasteiger partial charge in [-0.25, -0.2) is 4.79 Å². The maximum Gasteiger partial charge on any atom is 0.382 e. The number of benzene rings is 1. The van der Waals surface area contributed by atoms with E-state index in [1.165, 1.54) is 12.1 Å². The van der Waals surface area contributed by atoms with Crippen molar-refractivity contribution in [1.82, 2.24) is 0 Å². The molecule has 6 nitrogen and oxygen atoms in total. The maximum absolute atomic E-state index is 12.4. The van der Waals surface area contributed by atoms with E-state index in [9.17, 15) is 13.2 Å². The lowest BCUT2D eigenvalue weighted by molar-refractivity contribution is -0.694. The maximum atomic E-state index is 12.4. The molecule has 25 heavy (non-hydrogen) atoms. The van der Waals surface area contributed by atoms with Crippen molar-refractivity contribution in [3.8, 4) is 0 Å². The van der Waals surface area contributed by atoms with Gasteiger partial charge in [-0.15, -0.1) is 0 Å². The molecule has 1 aromatic carbocycles. The zero-order valence-corrected chi connectivity index (χ0v) is 15.2. The van der Waals surface area contributed by atoms with Gasteiger partial charge in [-0.05, 0) is 38.5 Å². The fraction of sp³-hybridized carbons (Fsp3) is 0.278. The molecule has 0 aliphatic carbocycles. The van der Waals surface area contributed by atoms with E-state index in [1.807, 2.05) is 26.0 Å². The number of carbonyl (C=O) groups is 1. The lowest BCUT2D eigenvalue weighted by Gasteiger charge is -2.07. The van der Waals surface area contributed by atoms with Crippen LogP contribution >= 0.6 is 0 Å². The molecule has 0 spiro atoms. The number of pyridine rings is 1. The number of hydrogen-bond acceptors (Lipinski definition) is 4. The van der Waals surface area contributed by atoms with Crippen LogP contribution in [0.1, 0.15) is 24.1 Å². The van der Waals surface area contributed by atoms with Crippen LogP contribution in [-0.4, -0.2) is 27.2 Å². The largest absolute Gasteiger partial charge is 0.461 e. The molecule has 1 aromatic heterocycles. The third-order valence-electron chi connectivity index (χ3n) is 3.53. The van der Waals surface area contributed by atoms with E-state index >= 15 is 0 Å². The van der Waals surface area contributed by atoms with Crippen LogP contribution in [0.2, 0.25) is 0 Å². The molecule has 2 rings (SSSR count). The molecule has 0 saturated carbocycles. The Labute approximate surface area is 147 Å². The van der Waals surface area contributed by atoms with Crippen LogP contribution in [-0.2, 0) is 19.6 Å². The number of sulfonamides is 1. The SMILES string of the molecule is CCOC(=O)[C@@H](C=NS(=O)(=O)c1ccc(C)cc1)[n+]1ccc(C)cc1. The summed E-state index contributed by atoms with van der Waals surface area (Å²) >= 11 is 0. The topological polar surface area (TPSA) is 76.7 Å². The van der Waals surface area contributed by atoms with E-state index in [4.69, 9.17) is 4.74 Å². The van der Waals surface area contributed by atoms with Gasteiger partial charge in [-0.2, -0.15) is 17.4 Å². The van der Waals surface area contributed by atoms with Gasteiger partial charge in [0.15, 0.2) is 12.4 Å². The predicted molar refractivity (Wildman–Crippen MR) is 93.9 cm³/mol. The fourth-order valence-electron chi connectivity index (χ4n) is 2.09. The molecule has 7 heteroatoms. The van der Waals surface area contributed by atoms with Gasteiger partial charge >= 0.3 is 5.97 Å². The molecule has 0 bridgehead atoms. The molecule has 132 valence electrons. The second kappa shape index (κ2) is 8.02. The van der Waals surface area contributed by atoms with Gasteiger partial charge in [0.25, 0.3) is 16.1 Å². The molecule has 1 heterocycles. The number of carbonyl (C=O) groups excluding carboxylic acids is 1. The monoisotopic (exact) mass is 361 g/mol. The van der Waals surface area contributed by atoms with E-state index < -0.39 is 22.0 Å². The Morgan fingerprint density at radius 2 is 1.68 bits per heavy atom. The van der Waals surface area contributed by atoms with Crippen molar-refractivity contribution >= 4 is 22.2 Å². The van der Waals surface area contributed by atoms with Gasteiger partial charge in [0.2, 0.25) is 0 Å². The Morgan fingerprint density at radius 3 is 2.24 bits per heavy atom. The number of esters is 1. The van der Waals surface area contributed by atoms with Gasteiger partial charge in [0.1, 0.15) is 0 Å². The minimum atomic E-state index is -3.89. The molecule has 0 N–H and O–H groups in total. The molecule has 0 amide bonds. The molecule has 0 fully saturated rings. The van der Waals surface area contributed by atoms with E-state index in [0.29, 0.717) is 0 Å². The Balaban J connectivity index is 2.34. The summed E-state index contributed by atoms with van der Waals surface area (Å²) in [5.41, 5.74) is 1.96. The Bertz CT molecular complexity index is 857. The fourth-order valence-corrected chi connectivity index (χ4v) is 2.97. The quantitative estimate of drug-likeness (QED) is 0.449. The lowest BCUT2D eigenvalue weighted by atomic mass is 10.2. The Kier molecular flexibility index (Phi) is 6.03. The lowest BCUT2D eigenvalue weighted by Crippen LogP contribution is -2.45. The summed E-state index contributed by atoms with van der Waals surface area (Å²) in [6.07, 6.45) is 4.46. The normalized spacial score (nSPS) is 12.9. The summed E-state index contributed by atoms with van der Waals surface area (Å²) in [7, 11) is -3.89. The number of ether oxygens (including phenoxy) is 1. The number of nitrogens with zero attached hydrogens (tertiary/aromatic N) is 2. The average molecular weight is 361 g/mol. The molecular weight excluding hydrogens is 340 g/mol. The molecule has 1 atom stereocenters. The third kappa shape index (κ3) is 4.96. The van der Waals surface area contributed by atoms with Crippen LogP contribution in [0.4, 0.5) is 0 Å². The van der Waals surface area contributed by atoms with Gasteiger partial charge in [-0.3, -0.25) is 0 Å². The van der Waals surface area contributed by atoms with Gasteiger partial charge in [0.05, 0.1) is 17.7 Å². The first-order chi connectivity index (χ1) is 11.8. The van der Waals surface area contributed by atoms with Crippen molar-refractivity contribution < 1.29 is 22.5 Å². The molecular formula is C18H21N2O4S+. The summed E-state index contributed by atoms with van der Waals surface area (Å²) in [5.74, 6) is -0.570. The molecule has 2 aromatic rings. The highest BCUT2D eigenvalue weighted by atomic mass is 32.2. The van der Waals surface area contributed by atoms with Crippen molar-refractivity contribution in [3.63, 3.8) is 0 Å². The van der Waals surface area contributed by atoms with Crippen molar-refractivity contribution in [2.75, 3.05) is 6.61 Å². The van der Waals surface area contributed by atoms with Crippen molar-refractivity contribution in [3.05, 3.63) is 59.9 Å². The van der Waals surface area contributed by atoms with Crippen molar-refractivity contribution in [1.29, 1.82) is 0 Å². The number of rotatable bonds is 6. The molecule has 0 saturated heterocycles. The summed E-state index contributed by atoms with van der Waals surface area (Å²) in [5, 5.41) is 0. The second-order valence-electron chi connectivity index (χ2n) is 5.56. The van der Waals surface area contributed by atoms with Gasteiger partial charge < -0.3 is 4.74 Å². The van der Waals surface area contributed by atoms with E-state index in [1.54, 1.807) is 36.0 Å². The Morgan fingerprint density at radius 1 is 1.12 bits per heavy atom. The number of aryl methyl sites for hydroxylation is 2. The smallest absolute Gasteiger partial charge is 0.382 e. The first-order valence-corrected chi connectivity index (χ1v) is 9.28. The first-order valence-electron chi connectivity index (χ1n) is 7.84. The molecule has 0 aliphatic heterocycles. The minimum absolute atomic E-state index is 0.0749. The third-order valence-corrected chi connectivity index (χ3v) is 4.80. The van der Waals surface area contributed by atoms with Crippen LogP contribution in [0.25, 0.3) is 0 Å². The van der Waals surface area contributed by atoms with Gasteiger partial charge in [-0.1, -0.05) is 17.7 Å². The van der Waals surface area contributed by atoms with Crippen LogP contribution in [0, 0.1) is 13.8 Å². The second-order valence-corrected chi connectivity index (χ2v) is 7.19. The minimum Gasteiger partial charge on any atom is -0.461 e. The van der Waals surface area contributed by atoms with E-state index in [-0.39, 0.29) is 11.5 Å². The zero-order valence-electron chi connectivity index (χ0n) is 14.4. The van der Waals surface area contributed by atoms with Crippen LogP contribution in [0.3, 0.4) is 0 Å². The van der Waals surface area contributed by atoms with Crippen LogP contribution < -0.4 is 4.57 Å². The highest BCUT2D eigenvalue weighted by molar-refractivity contribution is 7.90. The molecule has 0 unspecified atom stereocenters. The average Bonchev–Trinajstić information content (AvgIpc) is 2.57. The van der Waals surface area contributed by atoms with Gasteiger partial charge in [0, 0.05) is 12.1 Å². The van der Waals surface area contributed by atoms with E-state index in [2.05, 4.69) is 4.40 Å². The van der Waals surface area contributed by atoms with E-state index in [0.717, 1.165) is 17.3 Å². The predicted octanol–water partition coefficient (Wildman–Crippen LogP) is 2.15. The highest BCUT2D eigenvalue weighted by Crippen LogP contribution is 2.13. The van der Waals surface area contributed by atoms with Crippen LogP contribution in [0.15, 0.2) is 58.1 Å². The summed E-state index contributed by atoms with van der Waals surface area (Å²) < 4.78 is 35.0. The Hall–Kier alpha value is -2.54. The standard InChI is InChI=1S/C18H21N2O4S/c1-4-24-18(21)17(20-11-9-15(3)10-12-20)13-19-25(22,23)16-7-5-14(2)6-8-16/h5-13,17H,4H2,1-3H3/q+1/t17-/m1/s1.